The van der Waals surface area contributed by atoms with E-state index in [1.165, 1.54) is 11.3 Å². The molecule has 1 heterocycles. The summed E-state index contributed by atoms with van der Waals surface area (Å²) in [7, 11) is 0. The minimum absolute atomic E-state index is 0.260. The molecule has 0 fully saturated rings. The molecular formula is C11H7Br2Cl2NS. The maximum Gasteiger partial charge on any atom is 0.107 e. The SMILES string of the molecule is NC(c1cc(Br)c(Cl)s1)c1ccc(Br)cc1Cl. The summed E-state index contributed by atoms with van der Waals surface area (Å²) in [5.74, 6) is 0. The lowest BCUT2D eigenvalue weighted by molar-refractivity contribution is 0.893. The average molecular weight is 416 g/mol. The highest BCUT2D eigenvalue weighted by Crippen LogP contribution is 2.38. The average Bonchev–Trinajstić information content (AvgIpc) is 2.58. The molecule has 0 spiro atoms. The molecule has 1 aromatic carbocycles. The van der Waals surface area contributed by atoms with Crippen molar-refractivity contribution >= 4 is 66.4 Å². The number of halogens is 4. The Bertz CT molecular complexity index is 537. The molecule has 2 aromatic rings. The number of hydrogen-bond acceptors (Lipinski definition) is 2. The van der Waals surface area contributed by atoms with Crippen LogP contribution in [0.5, 0.6) is 0 Å². The second-order valence-electron chi connectivity index (χ2n) is 3.41. The molecular weight excluding hydrogens is 409 g/mol. The van der Waals surface area contributed by atoms with E-state index in [0.717, 1.165) is 19.4 Å². The Balaban J connectivity index is 2.39. The van der Waals surface area contributed by atoms with Gasteiger partial charge in [-0.2, -0.15) is 0 Å². The van der Waals surface area contributed by atoms with E-state index in [4.69, 9.17) is 28.9 Å². The van der Waals surface area contributed by atoms with Gasteiger partial charge in [0.2, 0.25) is 0 Å². The summed E-state index contributed by atoms with van der Waals surface area (Å²) in [4.78, 5) is 0.978. The molecule has 0 radical (unpaired) electrons. The van der Waals surface area contributed by atoms with Crippen LogP contribution in [0.1, 0.15) is 16.5 Å². The van der Waals surface area contributed by atoms with Gasteiger partial charge in [0.25, 0.3) is 0 Å². The van der Waals surface area contributed by atoms with E-state index in [1.807, 2.05) is 24.3 Å². The number of nitrogens with two attached hydrogens (primary N) is 1. The van der Waals surface area contributed by atoms with Gasteiger partial charge in [-0.05, 0) is 39.7 Å². The predicted molar refractivity (Wildman–Crippen MR) is 82.2 cm³/mol. The van der Waals surface area contributed by atoms with Crippen LogP contribution in [0.2, 0.25) is 9.36 Å². The molecule has 90 valence electrons. The summed E-state index contributed by atoms with van der Waals surface area (Å²) in [6.45, 7) is 0. The van der Waals surface area contributed by atoms with Crippen LogP contribution in [0.4, 0.5) is 0 Å². The summed E-state index contributed by atoms with van der Waals surface area (Å²) in [6, 6.07) is 7.34. The van der Waals surface area contributed by atoms with Crippen molar-refractivity contribution < 1.29 is 0 Å². The molecule has 0 bridgehead atoms. The third-order valence-corrected chi connectivity index (χ3v) is 5.65. The van der Waals surface area contributed by atoms with Gasteiger partial charge < -0.3 is 5.73 Å². The second-order valence-corrected chi connectivity index (χ2v) is 7.28. The summed E-state index contributed by atoms with van der Waals surface area (Å²) < 4.78 is 2.50. The lowest BCUT2D eigenvalue weighted by Crippen LogP contribution is -2.10. The fourth-order valence-corrected chi connectivity index (χ4v) is 3.97. The number of benzene rings is 1. The fourth-order valence-electron chi connectivity index (χ4n) is 1.42. The normalized spacial score (nSPS) is 12.8. The zero-order valence-electron chi connectivity index (χ0n) is 8.38. The number of thiophene rings is 1. The van der Waals surface area contributed by atoms with E-state index in [0.29, 0.717) is 9.36 Å². The van der Waals surface area contributed by atoms with Crippen LogP contribution < -0.4 is 5.73 Å². The highest BCUT2D eigenvalue weighted by Gasteiger charge is 2.16. The topological polar surface area (TPSA) is 26.0 Å². The van der Waals surface area contributed by atoms with Crippen molar-refractivity contribution in [3.8, 4) is 0 Å². The van der Waals surface area contributed by atoms with E-state index >= 15 is 0 Å². The zero-order chi connectivity index (χ0) is 12.6. The molecule has 2 N–H and O–H groups in total. The zero-order valence-corrected chi connectivity index (χ0v) is 13.9. The molecule has 6 heteroatoms. The van der Waals surface area contributed by atoms with E-state index in [9.17, 15) is 0 Å². The van der Waals surface area contributed by atoms with Crippen molar-refractivity contribution in [3.05, 3.63) is 53.0 Å². The monoisotopic (exact) mass is 413 g/mol. The standard InChI is InChI=1S/C11H7Br2Cl2NS/c12-5-1-2-6(8(14)3-5)10(16)9-4-7(13)11(15)17-9/h1-4,10H,16H2. The van der Waals surface area contributed by atoms with Crippen LogP contribution in [0.15, 0.2) is 33.2 Å². The highest BCUT2D eigenvalue weighted by molar-refractivity contribution is 9.10. The molecule has 0 amide bonds. The third kappa shape index (κ3) is 3.06. The van der Waals surface area contributed by atoms with Crippen LogP contribution in [0, 0.1) is 0 Å². The van der Waals surface area contributed by atoms with Gasteiger partial charge in [-0.3, -0.25) is 0 Å². The van der Waals surface area contributed by atoms with Gasteiger partial charge in [0.05, 0.1) is 6.04 Å². The largest absolute Gasteiger partial charge is 0.320 e. The Labute approximate surface area is 130 Å². The van der Waals surface area contributed by atoms with E-state index in [1.54, 1.807) is 0 Å². The van der Waals surface area contributed by atoms with Gasteiger partial charge in [0.15, 0.2) is 0 Å². The minimum Gasteiger partial charge on any atom is -0.320 e. The van der Waals surface area contributed by atoms with Crippen molar-refractivity contribution in [2.75, 3.05) is 0 Å². The summed E-state index contributed by atoms with van der Waals surface area (Å²) in [5.41, 5.74) is 7.07. The van der Waals surface area contributed by atoms with Crippen molar-refractivity contribution in [2.24, 2.45) is 5.73 Å². The van der Waals surface area contributed by atoms with Crippen molar-refractivity contribution in [3.63, 3.8) is 0 Å². The van der Waals surface area contributed by atoms with Gasteiger partial charge in [-0.25, -0.2) is 0 Å². The number of hydrogen-bond donors (Lipinski definition) is 1. The molecule has 1 aromatic heterocycles. The first-order chi connectivity index (χ1) is 7.99. The summed E-state index contributed by atoms with van der Waals surface area (Å²) >= 11 is 20.4. The Kier molecular flexibility index (Phi) is 4.55. The van der Waals surface area contributed by atoms with Crippen LogP contribution in [0.3, 0.4) is 0 Å². The molecule has 0 saturated heterocycles. The van der Waals surface area contributed by atoms with Crippen LogP contribution >= 0.6 is 66.4 Å². The van der Waals surface area contributed by atoms with E-state index < -0.39 is 0 Å². The fraction of sp³-hybridized carbons (Fsp3) is 0.0909. The Hall–Kier alpha value is 0.420. The van der Waals surface area contributed by atoms with Gasteiger partial charge in [0.1, 0.15) is 4.34 Å². The van der Waals surface area contributed by atoms with Crippen molar-refractivity contribution in [1.82, 2.24) is 0 Å². The van der Waals surface area contributed by atoms with Gasteiger partial charge in [0, 0.05) is 18.8 Å². The molecule has 2 rings (SSSR count). The number of rotatable bonds is 2. The van der Waals surface area contributed by atoms with E-state index in [-0.39, 0.29) is 6.04 Å². The molecule has 17 heavy (non-hydrogen) atoms. The molecule has 1 nitrogen and oxygen atoms in total. The van der Waals surface area contributed by atoms with Gasteiger partial charge >= 0.3 is 0 Å². The van der Waals surface area contributed by atoms with Gasteiger partial charge in [-0.15, -0.1) is 11.3 Å². The molecule has 0 aliphatic rings. The maximum atomic E-state index is 6.18. The lowest BCUT2D eigenvalue weighted by Gasteiger charge is -2.12. The first kappa shape index (κ1) is 13.8. The molecule has 0 saturated carbocycles. The van der Waals surface area contributed by atoms with Gasteiger partial charge in [-0.1, -0.05) is 45.2 Å². The third-order valence-electron chi connectivity index (χ3n) is 2.27. The predicted octanol–water partition coefficient (Wildman–Crippen LogP) is 5.63. The Morgan fingerprint density at radius 2 is 1.88 bits per heavy atom. The maximum absolute atomic E-state index is 6.18. The molecule has 1 atom stereocenters. The molecule has 0 aliphatic carbocycles. The summed E-state index contributed by atoms with van der Waals surface area (Å²) in [6.07, 6.45) is 0. The Morgan fingerprint density at radius 3 is 2.41 bits per heavy atom. The highest BCUT2D eigenvalue weighted by atomic mass is 79.9. The first-order valence-corrected chi connectivity index (χ1v) is 7.80. The molecule has 0 aliphatic heterocycles. The van der Waals surface area contributed by atoms with Crippen LogP contribution in [0.25, 0.3) is 0 Å². The summed E-state index contributed by atoms with van der Waals surface area (Å²) in [5, 5.41) is 0.646. The van der Waals surface area contributed by atoms with Crippen LogP contribution in [-0.2, 0) is 0 Å². The smallest absolute Gasteiger partial charge is 0.107 e. The lowest BCUT2D eigenvalue weighted by atomic mass is 10.1. The first-order valence-electron chi connectivity index (χ1n) is 4.64. The van der Waals surface area contributed by atoms with Crippen molar-refractivity contribution in [1.29, 1.82) is 0 Å². The van der Waals surface area contributed by atoms with Crippen molar-refractivity contribution in [2.45, 2.75) is 6.04 Å². The minimum atomic E-state index is -0.260. The molecule has 1 unspecified atom stereocenters. The second kappa shape index (κ2) is 5.59. The Morgan fingerprint density at radius 1 is 1.18 bits per heavy atom. The van der Waals surface area contributed by atoms with E-state index in [2.05, 4.69) is 31.9 Å². The quantitative estimate of drug-likeness (QED) is 0.676. The van der Waals surface area contributed by atoms with Crippen LogP contribution in [-0.4, -0.2) is 0 Å².